The van der Waals surface area contributed by atoms with Gasteiger partial charge in [-0.3, -0.25) is 25.3 Å². The second kappa shape index (κ2) is 7.41. The van der Waals surface area contributed by atoms with Crippen molar-refractivity contribution in [3.05, 3.63) is 69.7 Å². The minimum atomic E-state index is -4.59. The number of nitrogens with one attached hydrogen (secondary N) is 3. The van der Waals surface area contributed by atoms with Crippen LogP contribution in [0, 0.1) is 4.77 Å². The average Bonchev–Trinajstić information content (AvgIpc) is 3.06. The van der Waals surface area contributed by atoms with E-state index in [0.29, 0.717) is 16.0 Å². The molecule has 3 aromatic rings. The van der Waals surface area contributed by atoms with E-state index in [1.54, 1.807) is 28.8 Å². The molecule has 0 fully saturated rings. The van der Waals surface area contributed by atoms with Crippen LogP contribution < -0.4 is 10.9 Å². The maximum Gasteiger partial charge on any atom is 0.417 e. The number of hydrogen-bond donors (Lipinski definition) is 3. The smallest absolute Gasteiger partial charge is 0.298 e. The molecule has 6 nitrogen and oxygen atoms in total. The average molecular weight is 414 g/mol. The molecule has 1 heterocycles. The standard InChI is InChI=1S/C16H11ClF3N5OS/c17-13-6-3-10(7-12(13)16(18,19)20)22-23-14(26)9-1-4-11(5-2-9)25-8-21-24-15(25)27/h1-8,22H,(H,23,26)(H,24,27). The van der Waals surface area contributed by atoms with Gasteiger partial charge in [0.1, 0.15) is 6.33 Å². The molecule has 0 radical (unpaired) electrons. The van der Waals surface area contributed by atoms with Crippen molar-refractivity contribution >= 4 is 35.4 Å². The summed E-state index contributed by atoms with van der Waals surface area (Å²) in [5.41, 5.74) is 4.82. The van der Waals surface area contributed by atoms with Gasteiger partial charge in [0.25, 0.3) is 5.91 Å². The van der Waals surface area contributed by atoms with Crippen LogP contribution in [-0.2, 0) is 6.18 Å². The third-order valence-corrected chi connectivity index (χ3v) is 4.17. The van der Waals surface area contributed by atoms with Crippen LogP contribution >= 0.6 is 23.8 Å². The predicted octanol–water partition coefficient (Wildman–Crippen LogP) is 4.36. The second-order valence-electron chi connectivity index (χ2n) is 5.35. The van der Waals surface area contributed by atoms with Crippen molar-refractivity contribution in [3.8, 4) is 5.69 Å². The van der Waals surface area contributed by atoms with E-state index in [1.165, 1.54) is 12.4 Å². The van der Waals surface area contributed by atoms with Gasteiger partial charge in [-0.2, -0.15) is 18.3 Å². The first-order valence-electron chi connectivity index (χ1n) is 7.41. The number of benzene rings is 2. The molecule has 0 aliphatic carbocycles. The molecule has 0 aliphatic rings. The van der Waals surface area contributed by atoms with E-state index in [4.69, 9.17) is 23.8 Å². The predicted molar refractivity (Wildman–Crippen MR) is 96.3 cm³/mol. The molecule has 1 aromatic heterocycles. The fraction of sp³-hybridized carbons (Fsp3) is 0.0625. The molecule has 140 valence electrons. The Balaban J connectivity index is 1.70. The molecular formula is C16H11ClF3N5OS. The summed E-state index contributed by atoms with van der Waals surface area (Å²) in [6, 6.07) is 9.64. The lowest BCUT2D eigenvalue weighted by Gasteiger charge is -2.13. The van der Waals surface area contributed by atoms with Gasteiger partial charge in [-0.1, -0.05) is 11.6 Å². The lowest BCUT2D eigenvalue weighted by Crippen LogP contribution is -2.29. The highest BCUT2D eigenvalue weighted by Crippen LogP contribution is 2.36. The van der Waals surface area contributed by atoms with Crippen LogP contribution in [0.2, 0.25) is 5.02 Å². The van der Waals surface area contributed by atoms with E-state index < -0.39 is 22.7 Å². The van der Waals surface area contributed by atoms with E-state index in [9.17, 15) is 18.0 Å². The molecule has 0 unspecified atom stereocenters. The van der Waals surface area contributed by atoms with Crippen molar-refractivity contribution < 1.29 is 18.0 Å². The minimum absolute atomic E-state index is 0.0430. The van der Waals surface area contributed by atoms with Gasteiger partial charge in [0.2, 0.25) is 0 Å². The molecule has 2 aromatic carbocycles. The van der Waals surface area contributed by atoms with Crippen molar-refractivity contribution in [1.29, 1.82) is 0 Å². The van der Waals surface area contributed by atoms with Crippen molar-refractivity contribution in [1.82, 2.24) is 20.2 Å². The quantitative estimate of drug-likeness (QED) is 0.439. The molecule has 11 heteroatoms. The Bertz CT molecular complexity index is 1030. The number of H-pyrrole nitrogens is 1. The minimum Gasteiger partial charge on any atom is -0.298 e. The Morgan fingerprint density at radius 2 is 1.89 bits per heavy atom. The third kappa shape index (κ3) is 4.29. The number of carbonyl (C=O) groups excluding carboxylic acids is 1. The first kappa shape index (κ1) is 18.9. The number of nitrogens with zero attached hydrogens (tertiary/aromatic N) is 2. The van der Waals surface area contributed by atoms with Gasteiger partial charge in [-0.25, -0.2) is 0 Å². The van der Waals surface area contributed by atoms with E-state index in [1.807, 2.05) is 0 Å². The van der Waals surface area contributed by atoms with Crippen LogP contribution in [0.4, 0.5) is 18.9 Å². The molecule has 3 N–H and O–H groups in total. The highest BCUT2D eigenvalue weighted by Gasteiger charge is 2.33. The Hall–Kier alpha value is -2.85. The van der Waals surface area contributed by atoms with Gasteiger partial charge >= 0.3 is 6.18 Å². The van der Waals surface area contributed by atoms with Gasteiger partial charge < -0.3 is 0 Å². The maximum atomic E-state index is 12.9. The van der Waals surface area contributed by atoms with E-state index in [2.05, 4.69) is 21.0 Å². The number of amides is 1. The third-order valence-electron chi connectivity index (χ3n) is 3.55. The summed E-state index contributed by atoms with van der Waals surface area (Å²) in [5, 5.41) is 5.99. The summed E-state index contributed by atoms with van der Waals surface area (Å²) in [7, 11) is 0. The molecule has 3 rings (SSSR count). The zero-order chi connectivity index (χ0) is 19.6. The zero-order valence-electron chi connectivity index (χ0n) is 13.3. The number of carbonyl (C=O) groups is 1. The topological polar surface area (TPSA) is 74.7 Å². The largest absolute Gasteiger partial charge is 0.417 e. The van der Waals surface area contributed by atoms with E-state index in [-0.39, 0.29) is 5.69 Å². The second-order valence-corrected chi connectivity index (χ2v) is 6.14. The fourth-order valence-electron chi connectivity index (χ4n) is 2.23. The van der Waals surface area contributed by atoms with Crippen LogP contribution in [0.25, 0.3) is 5.69 Å². The first-order chi connectivity index (χ1) is 12.8. The summed E-state index contributed by atoms with van der Waals surface area (Å²) in [6.07, 6.45) is -3.10. The molecule has 0 saturated heterocycles. The normalized spacial score (nSPS) is 11.3. The van der Waals surface area contributed by atoms with Gasteiger partial charge in [0, 0.05) is 11.3 Å². The van der Waals surface area contributed by atoms with Crippen LogP contribution in [0.5, 0.6) is 0 Å². The van der Waals surface area contributed by atoms with Crippen molar-refractivity contribution in [2.45, 2.75) is 6.18 Å². The van der Waals surface area contributed by atoms with Crippen molar-refractivity contribution in [3.63, 3.8) is 0 Å². The van der Waals surface area contributed by atoms with Crippen molar-refractivity contribution in [2.24, 2.45) is 0 Å². The van der Waals surface area contributed by atoms with Crippen LogP contribution in [-0.4, -0.2) is 20.7 Å². The number of aromatic nitrogens is 3. The molecule has 0 aliphatic heterocycles. The summed E-state index contributed by atoms with van der Waals surface area (Å²) >= 11 is 10.6. The van der Waals surface area contributed by atoms with Crippen LogP contribution in [0.3, 0.4) is 0 Å². The summed E-state index contributed by atoms with van der Waals surface area (Å²) in [5.74, 6) is -0.527. The molecule has 27 heavy (non-hydrogen) atoms. The number of aromatic amines is 1. The Kier molecular flexibility index (Phi) is 5.19. The monoisotopic (exact) mass is 413 g/mol. The summed E-state index contributed by atoms with van der Waals surface area (Å²) in [4.78, 5) is 12.2. The molecule has 0 bridgehead atoms. The summed E-state index contributed by atoms with van der Waals surface area (Å²) < 4.78 is 40.6. The van der Waals surface area contributed by atoms with Crippen LogP contribution in [0.15, 0.2) is 48.8 Å². The first-order valence-corrected chi connectivity index (χ1v) is 8.20. The molecular weight excluding hydrogens is 403 g/mol. The van der Waals surface area contributed by atoms with E-state index in [0.717, 1.165) is 12.1 Å². The SMILES string of the molecule is O=C(NNc1ccc(Cl)c(C(F)(F)F)c1)c1ccc(-n2cn[nH]c2=S)cc1. The van der Waals surface area contributed by atoms with Crippen molar-refractivity contribution in [2.75, 3.05) is 5.43 Å². The number of anilines is 1. The molecule has 0 saturated carbocycles. The van der Waals surface area contributed by atoms with Gasteiger partial charge in [0.15, 0.2) is 4.77 Å². The number of hydrogen-bond acceptors (Lipinski definition) is 4. The Labute approximate surface area is 160 Å². The van der Waals surface area contributed by atoms with Gasteiger partial charge in [-0.15, -0.1) is 0 Å². The van der Waals surface area contributed by atoms with E-state index >= 15 is 0 Å². The zero-order valence-corrected chi connectivity index (χ0v) is 14.9. The lowest BCUT2D eigenvalue weighted by molar-refractivity contribution is -0.137. The highest BCUT2D eigenvalue weighted by molar-refractivity contribution is 7.71. The lowest BCUT2D eigenvalue weighted by atomic mass is 10.2. The van der Waals surface area contributed by atoms with Gasteiger partial charge in [0.05, 0.1) is 16.3 Å². The number of halogens is 4. The number of rotatable bonds is 4. The Morgan fingerprint density at radius 3 is 2.48 bits per heavy atom. The Morgan fingerprint density at radius 1 is 1.19 bits per heavy atom. The summed E-state index contributed by atoms with van der Waals surface area (Å²) in [6.45, 7) is 0. The number of hydrazine groups is 1. The van der Waals surface area contributed by atoms with Crippen LogP contribution in [0.1, 0.15) is 15.9 Å². The molecule has 1 amide bonds. The number of alkyl halides is 3. The fourth-order valence-corrected chi connectivity index (χ4v) is 2.66. The van der Waals surface area contributed by atoms with Gasteiger partial charge in [-0.05, 0) is 54.7 Å². The molecule has 0 spiro atoms. The maximum absolute atomic E-state index is 12.9. The molecule has 0 atom stereocenters. The highest BCUT2D eigenvalue weighted by atomic mass is 35.5.